The monoisotopic (exact) mass is 458 g/mol. The minimum absolute atomic E-state index is 0.0242. The van der Waals surface area contributed by atoms with Crippen LogP contribution in [0.15, 0.2) is 74.7 Å². The molecule has 1 aliphatic heterocycles. The van der Waals surface area contributed by atoms with E-state index in [0.717, 1.165) is 27.5 Å². The number of carbonyl (C=O) groups excluding carboxylic acids is 1. The number of aryl methyl sites for hydroxylation is 2. The first kappa shape index (κ1) is 21.0. The van der Waals surface area contributed by atoms with E-state index >= 15 is 0 Å². The van der Waals surface area contributed by atoms with Crippen LogP contribution in [0.25, 0.3) is 11.3 Å². The lowest BCUT2D eigenvalue weighted by molar-refractivity contribution is -0.118. The molecule has 2 aromatic heterocycles. The number of ether oxygens (including phenoxy) is 1. The average molecular weight is 459 g/mol. The molecule has 3 heterocycles. The minimum atomic E-state index is -0.171. The number of fused-ring (bicyclic) bond motifs is 1. The van der Waals surface area contributed by atoms with Crippen molar-refractivity contribution in [3.8, 4) is 17.0 Å². The van der Waals surface area contributed by atoms with Gasteiger partial charge in [0, 0.05) is 10.9 Å². The fourth-order valence-corrected chi connectivity index (χ4v) is 4.35. The second-order valence-corrected chi connectivity index (χ2v) is 8.64. The van der Waals surface area contributed by atoms with Crippen LogP contribution in [-0.2, 0) is 4.79 Å². The molecule has 0 fully saturated rings. The molecule has 0 bridgehead atoms. The maximum atomic E-state index is 11.8. The summed E-state index contributed by atoms with van der Waals surface area (Å²) >= 11 is 1.49. The van der Waals surface area contributed by atoms with Crippen LogP contribution in [-0.4, -0.2) is 22.9 Å². The second kappa shape index (κ2) is 8.55. The maximum Gasteiger partial charge on any atom is 0.262 e. The van der Waals surface area contributed by atoms with Crippen molar-refractivity contribution in [2.24, 2.45) is 10.1 Å². The Balaban J connectivity index is 1.66. The molecule has 1 amide bonds. The number of hydrogen-bond acceptors (Lipinski definition) is 6. The predicted octanol–water partition coefficient (Wildman–Crippen LogP) is 5.26. The molecule has 33 heavy (non-hydrogen) atoms. The van der Waals surface area contributed by atoms with Gasteiger partial charge in [0.05, 0.1) is 23.3 Å². The van der Waals surface area contributed by atoms with Crippen LogP contribution in [0.4, 0.5) is 11.4 Å². The highest BCUT2D eigenvalue weighted by molar-refractivity contribution is 7.07. The fourth-order valence-electron chi connectivity index (χ4n) is 3.50. The Labute approximate surface area is 194 Å². The third-order valence-corrected chi connectivity index (χ3v) is 6.25. The molecule has 5 rings (SSSR count). The summed E-state index contributed by atoms with van der Waals surface area (Å²) in [5.41, 5.74) is 6.34. The van der Waals surface area contributed by atoms with Crippen LogP contribution in [0.5, 0.6) is 5.75 Å². The molecule has 8 heteroatoms. The maximum absolute atomic E-state index is 11.8. The molecular formula is C25H22N4O3S. The van der Waals surface area contributed by atoms with Crippen molar-refractivity contribution >= 4 is 34.3 Å². The van der Waals surface area contributed by atoms with Crippen LogP contribution in [0.1, 0.15) is 23.8 Å². The summed E-state index contributed by atoms with van der Waals surface area (Å²) < 4.78 is 12.8. The Kier molecular flexibility index (Phi) is 5.43. The van der Waals surface area contributed by atoms with Gasteiger partial charge in [-0.25, -0.2) is 9.67 Å². The molecule has 0 atom stereocenters. The molecule has 0 saturated carbocycles. The largest absolute Gasteiger partial charge is 0.482 e. The van der Waals surface area contributed by atoms with Crippen LogP contribution < -0.4 is 14.9 Å². The first-order valence-corrected chi connectivity index (χ1v) is 11.3. The van der Waals surface area contributed by atoms with Gasteiger partial charge in [0.15, 0.2) is 6.61 Å². The Bertz CT molecular complexity index is 1440. The standard InChI is InChI=1S/C25H22N4O3S/c1-15-6-8-19(11-16(15)2)26-25-29(28-17(3)22-5-4-10-31-22)21(14-33-25)18-7-9-23-20(12-18)27-24(30)13-32-23/h4-12,14H,13H2,1-3H3,(H,27,30). The highest BCUT2D eigenvalue weighted by Crippen LogP contribution is 2.33. The van der Waals surface area contributed by atoms with Gasteiger partial charge < -0.3 is 14.5 Å². The molecule has 2 aromatic carbocycles. The van der Waals surface area contributed by atoms with Crippen molar-refractivity contribution in [3.63, 3.8) is 0 Å². The zero-order valence-corrected chi connectivity index (χ0v) is 19.3. The summed E-state index contributed by atoms with van der Waals surface area (Å²) in [5, 5.41) is 9.71. The number of rotatable bonds is 4. The Morgan fingerprint density at radius 3 is 2.79 bits per heavy atom. The van der Waals surface area contributed by atoms with Gasteiger partial charge in [0.2, 0.25) is 4.80 Å². The van der Waals surface area contributed by atoms with Gasteiger partial charge >= 0.3 is 0 Å². The summed E-state index contributed by atoms with van der Waals surface area (Å²) in [5.74, 6) is 1.16. The van der Waals surface area contributed by atoms with Crippen molar-refractivity contribution in [1.82, 2.24) is 4.68 Å². The highest BCUT2D eigenvalue weighted by Gasteiger charge is 2.18. The zero-order chi connectivity index (χ0) is 22.9. The Morgan fingerprint density at radius 2 is 2.00 bits per heavy atom. The molecule has 0 radical (unpaired) electrons. The van der Waals surface area contributed by atoms with Gasteiger partial charge in [-0.1, -0.05) is 6.07 Å². The molecule has 1 N–H and O–H groups in total. The van der Waals surface area contributed by atoms with E-state index in [1.165, 1.54) is 22.5 Å². The molecular weight excluding hydrogens is 436 g/mol. The lowest BCUT2D eigenvalue weighted by Gasteiger charge is -2.18. The number of aromatic nitrogens is 1. The summed E-state index contributed by atoms with van der Waals surface area (Å²) in [4.78, 5) is 17.4. The molecule has 4 aromatic rings. The second-order valence-electron chi connectivity index (χ2n) is 7.81. The average Bonchev–Trinajstić information content (AvgIpc) is 3.47. The van der Waals surface area contributed by atoms with Crippen molar-refractivity contribution in [1.29, 1.82) is 0 Å². The van der Waals surface area contributed by atoms with E-state index in [-0.39, 0.29) is 12.5 Å². The fraction of sp³-hybridized carbons (Fsp3) is 0.160. The Hall–Kier alpha value is -3.91. The molecule has 166 valence electrons. The van der Waals surface area contributed by atoms with E-state index < -0.39 is 0 Å². The third kappa shape index (κ3) is 4.25. The van der Waals surface area contributed by atoms with E-state index in [4.69, 9.17) is 19.2 Å². The number of amides is 1. The first-order chi connectivity index (χ1) is 16.0. The number of benzene rings is 2. The van der Waals surface area contributed by atoms with E-state index in [9.17, 15) is 4.79 Å². The normalized spacial score (nSPS) is 14.1. The van der Waals surface area contributed by atoms with E-state index in [0.29, 0.717) is 17.2 Å². The van der Waals surface area contributed by atoms with Gasteiger partial charge in [0.1, 0.15) is 17.2 Å². The summed E-state index contributed by atoms with van der Waals surface area (Å²) in [6.07, 6.45) is 1.63. The number of thiazole rings is 1. The Morgan fingerprint density at radius 1 is 1.12 bits per heavy atom. The smallest absolute Gasteiger partial charge is 0.262 e. The van der Waals surface area contributed by atoms with Gasteiger partial charge in [0.25, 0.3) is 5.91 Å². The van der Waals surface area contributed by atoms with Crippen molar-refractivity contribution < 1.29 is 13.9 Å². The number of furan rings is 1. The molecule has 0 aliphatic carbocycles. The summed E-state index contributed by atoms with van der Waals surface area (Å²) in [7, 11) is 0. The molecule has 0 unspecified atom stereocenters. The zero-order valence-electron chi connectivity index (χ0n) is 18.5. The molecule has 7 nitrogen and oxygen atoms in total. The van der Waals surface area contributed by atoms with Gasteiger partial charge in [-0.05, 0) is 74.4 Å². The number of anilines is 1. The number of nitrogens with one attached hydrogen (secondary N) is 1. The van der Waals surface area contributed by atoms with E-state index in [1.54, 1.807) is 6.26 Å². The van der Waals surface area contributed by atoms with Crippen molar-refractivity contribution in [2.75, 3.05) is 11.9 Å². The molecule has 0 spiro atoms. The van der Waals surface area contributed by atoms with Crippen molar-refractivity contribution in [2.45, 2.75) is 20.8 Å². The lowest BCUT2D eigenvalue weighted by Crippen LogP contribution is -2.25. The van der Waals surface area contributed by atoms with Crippen LogP contribution in [0, 0.1) is 13.8 Å². The van der Waals surface area contributed by atoms with Crippen LogP contribution in [0.2, 0.25) is 0 Å². The first-order valence-electron chi connectivity index (χ1n) is 10.5. The van der Waals surface area contributed by atoms with Gasteiger partial charge in [-0.2, -0.15) is 5.10 Å². The van der Waals surface area contributed by atoms with E-state index in [2.05, 4.69) is 31.3 Å². The van der Waals surface area contributed by atoms with Crippen molar-refractivity contribution in [3.05, 3.63) is 81.9 Å². The highest BCUT2D eigenvalue weighted by atomic mass is 32.1. The summed E-state index contributed by atoms with van der Waals surface area (Å²) in [6.45, 7) is 6.08. The molecule has 0 saturated heterocycles. The van der Waals surface area contributed by atoms with E-state index in [1.807, 2.05) is 53.4 Å². The van der Waals surface area contributed by atoms with Crippen LogP contribution >= 0.6 is 11.3 Å². The summed E-state index contributed by atoms with van der Waals surface area (Å²) in [6, 6.07) is 15.5. The third-order valence-electron chi connectivity index (χ3n) is 5.44. The predicted molar refractivity (Wildman–Crippen MR) is 129 cm³/mol. The molecule has 1 aliphatic rings. The quantitative estimate of drug-likeness (QED) is 0.424. The number of nitrogens with zero attached hydrogens (tertiary/aromatic N) is 3. The van der Waals surface area contributed by atoms with Crippen LogP contribution in [0.3, 0.4) is 0 Å². The number of carbonyl (C=O) groups is 1. The number of hydrogen-bond donors (Lipinski definition) is 1. The van der Waals surface area contributed by atoms with Gasteiger partial charge in [-0.15, -0.1) is 11.3 Å². The van der Waals surface area contributed by atoms with Gasteiger partial charge in [-0.3, -0.25) is 4.79 Å². The topological polar surface area (TPSA) is 81.1 Å². The minimum Gasteiger partial charge on any atom is -0.482 e. The SMILES string of the molecule is CC(=Nn1c(-c2ccc3c(c2)NC(=O)CO3)csc1=Nc1ccc(C)c(C)c1)c1ccco1. The lowest BCUT2D eigenvalue weighted by atomic mass is 10.1.